The third kappa shape index (κ3) is 3.71. The van der Waals surface area contributed by atoms with Crippen molar-refractivity contribution in [3.63, 3.8) is 0 Å². The summed E-state index contributed by atoms with van der Waals surface area (Å²) in [7, 11) is 2.23. The molecule has 1 heterocycles. The second-order valence-electron chi connectivity index (χ2n) is 5.29. The van der Waals surface area contributed by atoms with E-state index in [9.17, 15) is 0 Å². The van der Waals surface area contributed by atoms with Crippen molar-refractivity contribution >= 4 is 0 Å². The van der Waals surface area contributed by atoms with Crippen LogP contribution in [0.25, 0.3) is 0 Å². The fourth-order valence-corrected chi connectivity index (χ4v) is 2.91. The van der Waals surface area contributed by atoms with Gasteiger partial charge in [0.1, 0.15) is 0 Å². The number of rotatable bonds is 3. The lowest BCUT2D eigenvalue weighted by atomic mass is 9.86. The van der Waals surface area contributed by atoms with Crippen LogP contribution in [0.15, 0.2) is 48.6 Å². The highest BCUT2D eigenvalue weighted by Crippen LogP contribution is 2.30. The molecule has 1 nitrogen and oxygen atoms in total. The predicted molar refractivity (Wildman–Crippen MR) is 81.7 cm³/mol. The first-order chi connectivity index (χ1) is 8.63. The minimum Gasteiger partial charge on any atom is -0.299 e. The molecular weight excluding hydrogens is 218 g/mol. The van der Waals surface area contributed by atoms with Crippen LogP contribution in [0.5, 0.6) is 0 Å². The molecule has 0 aromatic heterocycles. The fourth-order valence-electron chi connectivity index (χ4n) is 2.91. The maximum absolute atomic E-state index is 3.86. The van der Waals surface area contributed by atoms with E-state index in [2.05, 4.69) is 51.1 Å². The molecule has 2 unspecified atom stereocenters. The largest absolute Gasteiger partial charge is 0.299 e. The summed E-state index contributed by atoms with van der Waals surface area (Å²) in [5.41, 5.74) is 2.84. The molecule has 0 aromatic rings. The van der Waals surface area contributed by atoms with Crippen LogP contribution in [0.3, 0.4) is 0 Å². The van der Waals surface area contributed by atoms with E-state index >= 15 is 0 Å². The Morgan fingerprint density at radius 1 is 1.28 bits per heavy atom. The zero-order chi connectivity index (χ0) is 13.5. The highest BCUT2D eigenvalue weighted by molar-refractivity contribution is 5.39. The average Bonchev–Trinajstić information content (AvgIpc) is 2.33. The summed E-state index contributed by atoms with van der Waals surface area (Å²) in [6.07, 6.45) is 11.7. The molecule has 0 amide bonds. The molecule has 0 saturated carbocycles. The second kappa shape index (κ2) is 7.38. The Balaban J connectivity index is 3.15. The Morgan fingerprint density at radius 3 is 2.50 bits per heavy atom. The molecule has 0 bridgehead atoms. The lowest BCUT2D eigenvalue weighted by Gasteiger charge is -2.35. The van der Waals surface area contributed by atoms with Gasteiger partial charge in [-0.15, -0.1) is 0 Å². The van der Waals surface area contributed by atoms with E-state index < -0.39 is 0 Å². The van der Waals surface area contributed by atoms with Gasteiger partial charge in [0.2, 0.25) is 0 Å². The van der Waals surface area contributed by atoms with Crippen LogP contribution in [0.1, 0.15) is 33.1 Å². The van der Waals surface area contributed by atoms with E-state index in [-0.39, 0.29) is 0 Å². The molecule has 100 valence electrons. The van der Waals surface area contributed by atoms with E-state index in [1.54, 1.807) is 0 Å². The van der Waals surface area contributed by atoms with Gasteiger partial charge in [-0.2, -0.15) is 0 Å². The summed E-state index contributed by atoms with van der Waals surface area (Å²) in [6, 6.07) is 0.497. The predicted octanol–water partition coefficient (Wildman–Crippen LogP) is 4.35. The quantitative estimate of drug-likeness (QED) is 0.714. The summed E-state index contributed by atoms with van der Waals surface area (Å²) in [4.78, 5) is 2.48. The lowest BCUT2D eigenvalue weighted by Crippen LogP contribution is -2.38. The topological polar surface area (TPSA) is 3.24 Å². The molecule has 18 heavy (non-hydrogen) atoms. The Kier molecular flexibility index (Phi) is 6.14. The third-order valence-electron chi connectivity index (χ3n) is 3.77. The standard InChI is InChI=1S/C17H27N/c1-6-9-15-12-11-14(4)13-18(5)17(8-3)16(15)10-7-2/h6-7,9-10,14,17H,1-2,8,11-13H2,3-5H3/b15-9-,16-10+. The molecule has 0 aliphatic carbocycles. The van der Waals surface area contributed by atoms with E-state index in [1.165, 1.54) is 24.1 Å². The van der Waals surface area contributed by atoms with Gasteiger partial charge in [0, 0.05) is 12.6 Å². The fraction of sp³-hybridized carbons (Fsp3) is 0.529. The normalized spacial score (nSPS) is 31.1. The number of allylic oxidation sites excluding steroid dienone is 4. The number of nitrogens with zero attached hydrogens (tertiary/aromatic N) is 1. The van der Waals surface area contributed by atoms with Crippen molar-refractivity contribution in [2.24, 2.45) is 5.92 Å². The molecule has 0 spiro atoms. The number of hydrogen-bond acceptors (Lipinski definition) is 1. The number of likely N-dealkylation sites (tertiary alicyclic amines) is 1. The average molecular weight is 245 g/mol. The van der Waals surface area contributed by atoms with Gasteiger partial charge in [0.05, 0.1) is 0 Å². The van der Waals surface area contributed by atoms with Crippen LogP contribution in [0, 0.1) is 5.92 Å². The zero-order valence-corrected chi connectivity index (χ0v) is 12.2. The molecule has 1 heteroatoms. The van der Waals surface area contributed by atoms with Gasteiger partial charge < -0.3 is 0 Å². The summed E-state index contributed by atoms with van der Waals surface area (Å²) < 4.78 is 0. The molecule has 2 atom stereocenters. The van der Waals surface area contributed by atoms with Crippen LogP contribution < -0.4 is 0 Å². The first-order valence-electron chi connectivity index (χ1n) is 6.98. The summed E-state index contributed by atoms with van der Waals surface area (Å²) >= 11 is 0. The molecule has 0 N–H and O–H groups in total. The van der Waals surface area contributed by atoms with Crippen molar-refractivity contribution in [2.45, 2.75) is 39.2 Å². The second-order valence-corrected chi connectivity index (χ2v) is 5.29. The van der Waals surface area contributed by atoms with Gasteiger partial charge in [-0.05, 0) is 43.4 Å². The Labute approximate surface area is 113 Å². The molecule has 1 fully saturated rings. The van der Waals surface area contributed by atoms with Crippen LogP contribution in [0.4, 0.5) is 0 Å². The maximum atomic E-state index is 3.86. The Hall–Kier alpha value is -1.08. The molecular formula is C17H27N. The maximum Gasteiger partial charge on any atom is 0.0345 e. The highest BCUT2D eigenvalue weighted by Gasteiger charge is 2.24. The van der Waals surface area contributed by atoms with Crippen LogP contribution in [-0.4, -0.2) is 24.5 Å². The van der Waals surface area contributed by atoms with Gasteiger partial charge >= 0.3 is 0 Å². The first kappa shape index (κ1) is 15.0. The molecule has 1 aliphatic heterocycles. The Morgan fingerprint density at radius 2 is 1.94 bits per heavy atom. The van der Waals surface area contributed by atoms with Crippen LogP contribution >= 0.6 is 0 Å². The zero-order valence-electron chi connectivity index (χ0n) is 12.2. The third-order valence-corrected chi connectivity index (χ3v) is 3.77. The van der Waals surface area contributed by atoms with Crippen molar-refractivity contribution in [3.8, 4) is 0 Å². The van der Waals surface area contributed by atoms with Crippen molar-refractivity contribution in [2.75, 3.05) is 13.6 Å². The van der Waals surface area contributed by atoms with Gasteiger partial charge in [-0.1, -0.05) is 51.3 Å². The van der Waals surface area contributed by atoms with Gasteiger partial charge in [-0.25, -0.2) is 0 Å². The number of hydrogen-bond donors (Lipinski definition) is 0. The van der Waals surface area contributed by atoms with Crippen LogP contribution in [-0.2, 0) is 0 Å². The minimum atomic E-state index is 0.497. The molecule has 0 aromatic carbocycles. The molecule has 1 saturated heterocycles. The van der Waals surface area contributed by atoms with Crippen molar-refractivity contribution in [3.05, 3.63) is 48.6 Å². The molecule has 0 radical (unpaired) electrons. The van der Waals surface area contributed by atoms with E-state index in [1.807, 2.05) is 12.2 Å². The monoisotopic (exact) mass is 245 g/mol. The summed E-state index contributed by atoms with van der Waals surface area (Å²) in [5, 5.41) is 0. The van der Waals surface area contributed by atoms with Crippen molar-refractivity contribution in [1.29, 1.82) is 0 Å². The summed E-state index contributed by atoms with van der Waals surface area (Å²) in [5.74, 6) is 0.752. The van der Waals surface area contributed by atoms with Crippen LogP contribution in [0.2, 0.25) is 0 Å². The smallest absolute Gasteiger partial charge is 0.0345 e. The van der Waals surface area contributed by atoms with E-state index in [4.69, 9.17) is 0 Å². The Bertz CT molecular complexity index is 349. The van der Waals surface area contributed by atoms with Gasteiger partial charge in [-0.3, -0.25) is 4.90 Å². The summed E-state index contributed by atoms with van der Waals surface area (Å²) in [6.45, 7) is 13.5. The minimum absolute atomic E-state index is 0.497. The van der Waals surface area contributed by atoms with Crippen molar-refractivity contribution < 1.29 is 0 Å². The van der Waals surface area contributed by atoms with E-state index in [0.29, 0.717) is 6.04 Å². The molecule has 1 rings (SSSR count). The SMILES string of the molecule is C=C/C=C1/CCC(C)CN(C)C(CC)/C1=C/C=C. The highest BCUT2D eigenvalue weighted by atomic mass is 15.1. The van der Waals surface area contributed by atoms with Crippen molar-refractivity contribution in [1.82, 2.24) is 4.90 Å². The molecule has 1 aliphatic rings. The van der Waals surface area contributed by atoms with E-state index in [0.717, 1.165) is 18.8 Å². The van der Waals surface area contributed by atoms with Gasteiger partial charge in [0.25, 0.3) is 0 Å². The van der Waals surface area contributed by atoms with Gasteiger partial charge in [0.15, 0.2) is 0 Å². The first-order valence-corrected chi connectivity index (χ1v) is 6.98. The lowest BCUT2D eigenvalue weighted by molar-refractivity contribution is 0.219. The number of likely N-dealkylation sites (N-methyl/N-ethyl adjacent to an activating group) is 1.